The molecule has 0 fully saturated rings. The topological polar surface area (TPSA) is 44.4 Å². The van der Waals surface area contributed by atoms with Gasteiger partial charge in [0.25, 0.3) is 0 Å². The van der Waals surface area contributed by atoms with Crippen molar-refractivity contribution in [3.8, 4) is 0 Å². The van der Waals surface area contributed by atoms with E-state index in [4.69, 9.17) is 0 Å². The molecule has 0 aliphatic carbocycles. The third-order valence-corrected chi connectivity index (χ3v) is 1.54. The van der Waals surface area contributed by atoms with Crippen molar-refractivity contribution in [3.63, 3.8) is 0 Å². The minimum absolute atomic E-state index is 0.122. The van der Waals surface area contributed by atoms with E-state index in [2.05, 4.69) is 10.7 Å². The van der Waals surface area contributed by atoms with Crippen LogP contribution in [-0.4, -0.2) is 30.9 Å². The number of nitrogens with zero attached hydrogens (tertiary/aromatic N) is 1. The lowest BCUT2D eigenvalue weighted by atomic mass is 10.4. The highest BCUT2D eigenvalue weighted by atomic mass is 16.1. The monoisotopic (exact) mass is 155 g/mol. The van der Waals surface area contributed by atoms with Crippen LogP contribution in [0.3, 0.4) is 0 Å². The van der Waals surface area contributed by atoms with E-state index in [0.29, 0.717) is 6.54 Å². The second-order valence-corrected chi connectivity index (χ2v) is 2.50. The summed E-state index contributed by atoms with van der Waals surface area (Å²) in [6, 6.07) is 0. The molecule has 1 aliphatic heterocycles. The summed E-state index contributed by atoms with van der Waals surface area (Å²) in [6.45, 7) is 3.34. The molecule has 11 heavy (non-hydrogen) atoms. The van der Waals surface area contributed by atoms with Crippen molar-refractivity contribution < 1.29 is 4.79 Å². The van der Waals surface area contributed by atoms with Crippen molar-refractivity contribution in [2.45, 2.75) is 6.92 Å². The first kappa shape index (κ1) is 8.07. The molecule has 2 N–H and O–H groups in total. The number of carbonyl (C=O) groups excluding carboxylic acids is 1. The van der Waals surface area contributed by atoms with E-state index in [1.807, 2.05) is 19.0 Å². The third-order valence-electron chi connectivity index (χ3n) is 1.54. The fourth-order valence-corrected chi connectivity index (χ4v) is 0.802. The number of hydrogen-bond acceptors (Lipinski definition) is 4. The molecule has 0 saturated carbocycles. The van der Waals surface area contributed by atoms with E-state index in [1.54, 1.807) is 6.08 Å². The Morgan fingerprint density at radius 2 is 2.55 bits per heavy atom. The molecule has 0 aromatic heterocycles. The van der Waals surface area contributed by atoms with Gasteiger partial charge in [0, 0.05) is 19.7 Å². The minimum Gasteiger partial charge on any atom is -0.363 e. The molecule has 0 aromatic rings. The van der Waals surface area contributed by atoms with Gasteiger partial charge in [0.15, 0.2) is 5.78 Å². The molecule has 4 heteroatoms. The zero-order chi connectivity index (χ0) is 8.27. The Morgan fingerprint density at radius 3 is 3.00 bits per heavy atom. The van der Waals surface area contributed by atoms with Crippen LogP contribution in [0.4, 0.5) is 0 Å². The normalized spacial score (nSPS) is 16.6. The van der Waals surface area contributed by atoms with Crippen LogP contribution in [0.1, 0.15) is 6.92 Å². The van der Waals surface area contributed by atoms with Crippen LogP contribution in [0.2, 0.25) is 0 Å². The third kappa shape index (κ3) is 2.23. The molecule has 1 rings (SSSR count). The molecule has 1 heterocycles. The fourth-order valence-electron chi connectivity index (χ4n) is 0.802. The largest absolute Gasteiger partial charge is 0.363 e. The molecule has 0 saturated heterocycles. The summed E-state index contributed by atoms with van der Waals surface area (Å²) in [5.74, 6) is 0.913. The Labute approximate surface area is 66.2 Å². The number of hydrogen-bond donors (Lipinski definition) is 2. The van der Waals surface area contributed by atoms with E-state index in [0.717, 1.165) is 12.4 Å². The predicted molar refractivity (Wildman–Crippen MR) is 42.5 cm³/mol. The van der Waals surface area contributed by atoms with Crippen LogP contribution in [-0.2, 0) is 4.79 Å². The number of hydrazine groups is 1. The predicted octanol–water partition coefficient (Wildman–Crippen LogP) is -0.544. The minimum atomic E-state index is 0.122. The molecule has 0 atom stereocenters. The van der Waals surface area contributed by atoms with E-state index >= 15 is 0 Å². The van der Waals surface area contributed by atoms with E-state index in [1.165, 1.54) is 0 Å². The molecular weight excluding hydrogens is 142 g/mol. The summed E-state index contributed by atoms with van der Waals surface area (Å²) in [5, 5.41) is 4.83. The number of rotatable bonds is 3. The zero-order valence-corrected chi connectivity index (χ0v) is 6.85. The molecule has 0 radical (unpaired) electrons. The summed E-state index contributed by atoms with van der Waals surface area (Å²) in [5.41, 5.74) is 3.02. The second-order valence-electron chi connectivity index (χ2n) is 2.50. The molecule has 0 aromatic carbocycles. The van der Waals surface area contributed by atoms with Crippen LogP contribution in [0.25, 0.3) is 0 Å². The lowest BCUT2D eigenvalue weighted by molar-refractivity contribution is -0.113. The summed E-state index contributed by atoms with van der Waals surface area (Å²) in [6.07, 6.45) is 1.58. The highest BCUT2D eigenvalue weighted by Gasteiger charge is 2.10. The van der Waals surface area contributed by atoms with Gasteiger partial charge in [-0.05, 0) is 0 Å². The van der Waals surface area contributed by atoms with Crippen molar-refractivity contribution >= 4 is 5.78 Å². The van der Waals surface area contributed by atoms with Gasteiger partial charge in [0.2, 0.25) is 0 Å². The average molecular weight is 155 g/mol. The Morgan fingerprint density at radius 1 is 1.82 bits per heavy atom. The molecule has 62 valence electrons. The summed E-state index contributed by atoms with van der Waals surface area (Å²) < 4.78 is 0. The first-order chi connectivity index (χ1) is 5.22. The Kier molecular flexibility index (Phi) is 2.48. The van der Waals surface area contributed by atoms with Crippen LogP contribution < -0.4 is 10.7 Å². The van der Waals surface area contributed by atoms with Gasteiger partial charge in [0.05, 0.1) is 6.54 Å². The van der Waals surface area contributed by atoms with Gasteiger partial charge in [-0.25, -0.2) is 5.01 Å². The summed E-state index contributed by atoms with van der Waals surface area (Å²) in [7, 11) is 1.92. The van der Waals surface area contributed by atoms with Gasteiger partial charge in [-0.1, -0.05) is 6.92 Å². The lowest BCUT2D eigenvalue weighted by Gasteiger charge is -2.17. The summed E-state index contributed by atoms with van der Waals surface area (Å²) in [4.78, 5) is 10.7. The maximum absolute atomic E-state index is 10.7. The van der Waals surface area contributed by atoms with Crippen molar-refractivity contribution in [3.05, 3.63) is 11.9 Å². The van der Waals surface area contributed by atoms with E-state index in [-0.39, 0.29) is 5.78 Å². The number of carbonyl (C=O) groups is 1. The van der Waals surface area contributed by atoms with Crippen molar-refractivity contribution in [2.75, 3.05) is 20.1 Å². The van der Waals surface area contributed by atoms with Gasteiger partial charge in [-0.2, -0.15) is 0 Å². The van der Waals surface area contributed by atoms with Crippen LogP contribution in [0.15, 0.2) is 11.9 Å². The first-order valence-electron chi connectivity index (χ1n) is 3.68. The van der Waals surface area contributed by atoms with Crippen molar-refractivity contribution in [1.29, 1.82) is 0 Å². The smallest absolute Gasteiger partial charge is 0.178 e. The highest BCUT2D eigenvalue weighted by molar-refractivity contribution is 5.94. The molecule has 4 nitrogen and oxygen atoms in total. The lowest BCUT2D eigenvalue weighted by Crippen LogP contribution is -2.37. The molecule has 0 amide bonds. The van der Waals surface area contributed by atoms with E-state index in [9.17, 15) is 4.79 Å². The Hall–Kier alpha value is -1.03. The maximum atomic E-state index is 10.7. The van der Waals surface area contributed by atoms with Crippen LogP contribution >= 0.6 is 0 Å². The molecule has 0 unspecified atom stereocenters. The summed E-state index contributed by atoms with van der Waals surface area (Å²) >= 11 is 0. The highest BCUT2D eigenvalue weighted by Crippen LogP contribution is 1.93. The van der Waals surface area contributed by atoms with Crippen LogP contribution in [0.5, 0.6) is 0 Å². The van der Waals surface area contributed by atoms with Gasteiger partial charge in [-0.15, -0.1) is 0 Å². The SMILES string of the molecule is CCN(C)NC1=CC(=O)CN1. The number of ketones is 1. The van der Waals surface area contributed by atoms with Gasteiger partial charge >= 0.3 is 0 Å². The quantitative estimate of drug-likeness (QED) is 0.537. The zero-order valence-electron chi connectivity index (χ0n) is 6.85. The van der Waals surface area contributed by atoms with E-state index < -0.39 is 0 Å². The Balaban J connectivity index is 2.38. The van der Waals surface area contributed by atoms with Gasteiger partial charge in [0.1, 0.15) is 5.82 Å². The Bertz CT molecular complexity index is 188. The molecular formula is C7H13N3O. The van der Waals surface area contributed by atoms with Crippen LogP contribution in [0, 0.1) is 0 Å². The van der Waals surface area contributed by atoms with Gasteiger partial charge < -0.3 is 10.7 Å². The maximum Gasteiger partial charge on any atom is 0.178 e. The molecule has 1 aliphatic rings. The average Bonchev–Trinajstić information content (AvgIpc) is 2.35. The van der Waals surface area contributed by atoms with Crippen molar-refractivity contribution in [1.82, 2.24) is 15.8 Å². The standard InChI is InChI=1S/C7H13N3O/c1-3-10(2)9-7-4-6(11)5-8-7/h4,8-9H,3,5H2,1-2H3. The second kappa shape index (κ2) is 3.39. The molecule has 0 bridgehead atoms. The molecule has 0 spiro atoms. The van der Waals surface area contributed by atoms with Gasteiger partial charge in [-0.3, -0.25) is 4.79 Å². The fraction of sp³-hybridized carbons (Fsp3) is 0.571. The van der Waals surface area contributed by atoms with Crippen molar-refractivity contribution in [2.24, 2.45) is 0 Å². The number of nitrogens with one attached hydrogen (secondary N) is 2. The first-order valence-corrected chi connectivity index (χ1v) is 3.68.